The van der Waals surface area contributed by atoms with Gasteiger partial charge in [0.2, 0.25) is 0 Å². The summed E-state index contributed by atoms with van der Waals surface area (Å²) in [5, 5.41) is 9.65. The number of phenolic OH excluding ortho intramolecular Hbond substituents is 1. The molecule has 1 unspecified atom stereocenters. The number of esters is 1. The second-order valence-electron chi connectivity index (χ2n) is 5.24. The van der Waals surface area contributed by atoms with Crippen molar-refractivity contribution in [3.63, 3.8) is 0 Å². The van der Waals surface area contributed by atoms with Gasteiger partial charge >= 0.3 is 5.97 Å². The minimum absolute atomic E-state index is 0.0587. The zero-order valence-electron chi connectivity index (χ0n) is 11.7. The van der Waals surface area contributed by atoms with Gasteiger partial charge in [0.25, 0.3) is 0 Å². The molecule has 0 spiro atoms. The molecule has 2 rings (SSSR count). The van der Waals surface area contributed by atoms with Gasteiger partial charge in [0.1, 0.15) is 11.5 Å². The summed E-state index contributed by atoms with van der Waals surface area (Å²) in [4.78, 5) is 24.4. The van der Waals surface area contributed by atoms with E-state index in [-0.39, 0.29) is 23.9 Å². The van der Waals surface area contributed by atoms with Crippen LogP contribution in [0.5, 0.6) is 5.75 Å². The molecule has 1 aliphatic carbocycles. The fourth-order valence-corrected chi connectivity index (χ4v) is 2.95. The standard InChI is InChI=1S/C16H20O4/c1-2-20-15(19)11-16(9-4-3-8-14(16)18)12-6-5-7-13(17)10-12/h5-7,10,17H,2-4,8-9,11H2,1H3. The number of ether oxygens (including phenoxy) is 1. The summed E-state index contributed by atoms with van der Waals surface area (Å²) in [6.45, 7) is 2.06. The van der Waals surface area contributed by atoms with Crippen molar-refractivity contribution in [3.8, 4) is 5.75 Å². The number of hydrogen-bond donors (Lipinski definition) is 1. The topological polar surface area (TPSA) is 63.6 Å². The number of aromatic hydroxyl groups is 1. The van der Waals surface area contributed by atoms with Gasteiger partial charge in [-0.3, -0.25) is 9.59 Å². The number of carbonyl (C=O) groups excluding carboxylic acids is 2. The van der Waals surface area contributed by atoms with E-state index < -0.39 is 5.41 Å². The van der Waals surface area contributed by atoms with Gasteiger partial charge in [-0.2, -0.15) is 0 Å². The van der Waals surface area contributed by atoms with Crippen LogP contribution >= 0.6 is 0 Å². The van der Waals surface area contributed by atoms with E-state index in [1.54, 1.807) is 25.1 Å². The molecule has 0 aliphatic heterocycles. The van der Waals surface area contributed by atoms with Crippen LogP contribution < -0.4 is 0 Å². The molecule has 1 fully saturated rings. The number of phenols is 1. The Kier molecular flexibility index (Phi) is 4.42. The first-order valence-corrected chi connectivity index (χ1v) is 7.07. The molecule has 1 atom stereocenters. The molecule has 1 saturated carbocycles. The molecule has 108 valence electrons. The molecule has 0 amide bonds. The van der Waals surface area contributed by atoms with Crippen LogP contribution in [0, 0.1) is 0 Å². The predicted molar refractivity (Wildman–Crippen MR) is 74.5 cm³/mol. The van der Waals surface area contributed by atoms with Gasteiger partial charge in [-0.05, 0) is 37.5 Å². The van der Waals surface area contributed by atoms with Gasteiger partial charge in [0.05, 0.1) is 18.4 Å². The van der Waals surface area contributed by atoms with Crippen molar-refractivity contribution in [2.24, 2.45) is 0 Å². The van der Waals surface area contributed by atoms with E-state index in [0.717, 1.165) is 18.4 Å². The molecule has 0 saturated heterocycles. The Morgan fingerprint density at radius 1 is 1.40 bits per heavy atom. The molecule has 1 aliphatic rings. The van der Waals surface area contributed by atoms with Gasteiger partial charge in [-0.15, -0.1) is 0 Å². The summed E-state index contributed by atoms with van der Waals surface area (Å²) < 4.78 is 5.02. The third-order valence-corrected chi connectivity index (χ3v) is 3.94. The lowest BCUT2D eigenvalue weighted by molar-refractivity contribution is -0.147. The third-order valence-electron chi connectivity index (χ3n) is 3.94. The van der Waals surface area contributed by atoms with Crippen LogP contribution in [-0.2, 0) is 19.7 Å². The number of carbonyl (C=O) groups is 2. The van der Waals surface area contributed by atoms with Crippen LogP contribution in [0.2, 0.25) is 0 Å². The van der Waals surface area contributed by atoms with Crippen LogP contribution in [0.4, 0.5) is 0 Å². The third kappa shape index (κ3) is 2.84. The van der Waals surface area contributed by atoms with E-state index in [9.17, 15) is 14.7 Å². The zero-order valence-corrected chi connectivity index (χ0v) is 11.7. The van der Waals surface area contributed by atoms with E-state index in [1.165, 1.54) is 0 Å². The summed E-state index contributed by atoms with van der Waals surface area (Å²) >= 11 is 0. The summed E-state index contributed by atoms with van der Waals surface area (Å²) in [5.41, 5.74) is -0.112. The van der Waals surface area contributed by atoms with Gasteiger partial charge < -0.3 is 9.84 Å². The first-order valence-electron chi connectivity index (χ1n) is 7.07. The molecule has 4 heteroatoms. The Labute approximate surface area is 118 Å². The highest BCUT2D eigenvalue weighted by Crippen LogP contribution is 2.40. The minimum atomic E-state index is -0.830. The first kappa shape index (κ1) is 14.6. The van der Waals surface area contributed by atoms with Crippen LogP contribution in [-0.4, -0.2) is 23.5 Å². The maximum absolute atomic E-state index is 12.5. The Morgan fingerprint density at radius 3 is 2.85 bits per heavy atom. The van der Waals surface area contributed by atoms with Gasteiger partial charge in [-0.1, -0.05) is 18.6 Å². The number of rotatable bonds is 4. The van der Waals surface area contributed by atoms with Crippen molar-refractivity contribution < 1.29 is 19.4 Å². The minimum Gasteiger partial charge on any atom is -0.508 e. The lowest BCUT2D eigenvalue weighted by atomic mass is 9.66. The second kappa shape index (κ2) is 6.07. The second-order valence-corrected chi connectivity index (χ2v) is 5.24. The largest absolute Gasteiger partial charge is 0.508 e. The molecule has 1 N–H and O–H groups in total. The molecule has 0 heterocycles. The Balaban J connectivity index is 2.38. The maximum atomic E-state index is 12.5. The van der Waals surface area contributed by atoms with Gasteiger partial charge in [0, 0.05) is 6.42 Å². The smallest absolute Gasteiger partial charge is 0.307 e. The monoisotopic (exact) mass is 276 g/mol. The van der Waals surface area contributed by atoms with E-state index in [4.69, 9.17) is 4.74 Å². The summed E-state index contributed by atoms with van der Waals surface area (Å²) in [6.07, 6.45) is 2.94. The molecule has 1 aromatic rings. The van der Waals surface area contributed by atoms with Crippen molar-refractivity contribution in [1.29, 1.82) is 0 Å². The highest BCUT2D eigenvalue weighted by molar-refractivity contribution is 5.94. The zero-order chi connectivity index (χ0) is 14.6. The summed E-state index contributed by atoms with van der Waals surface area (Å²) in [5.74, 6) is -0.169. The average molecular weight is 276 g/mol. The molecule has 0 bridgehead atoms. The number of ketones is 1. The Hall–Kier alpha value is -1.84. The van der Waals surface area contributed by atoms with Crippen LogP contribution in [0.3, 0.4) is 0 Å². The highest BCUT2D eigenvalue weighted by Gasteiger charge is 2.43. The van der Waals surface area contributed by atoms with Gasteiger partial charge in [-0.25, -0.2) is 0 Å². The van der Waals surface area contributed by atoms with Crippen molar-refractivity contribution >= 4 is 11.8 Å². The van der Waals surface area contributed by atoms with Crippen molar-refractivity contribution in [1.82, 2.24) is 0 Å². The van der Waals surface area contributed by atoms with E-state index >= 15 is 0 Å². The molecule has 20 heavy (non-hydrogen) atoms. The highest BCUT2D eigenvalue weighted by atomic mass is 16.5. The summed E-state index contributed by atoms with van der Waals surface area (Å²) in [7, 11) is 0. The lowest BCUT2D eigenvalue weighted by Gasteiger charge is -2.35. The van der Waals surface area contributed by atoms with Crippen molar-refractivity contribution in [2.75, 3.05) is 6.61 Å². The van der Waals surface area contributed by atoms with E-state index in [1.807, 2.05) is 6.07 Å². The predicted octanol–water partition coefficient (Wildman–Crippen LogP) is 2.73. The Bertz CT molecular complexity index is 509. The average Bonchev–Trinajstić information content (AvgIpc) is 2.42. The fourth-order valence-electron chi connectivity index (χ4n) is 2.95. The number of Topliss-reactive ketones (excluding diaryl/α,β-unsaturated/α-hetero) is 1. The Morgan fingerprint density at radius 2 is 2.20 bits per heavy atom. The number of hydrogen-bond acceptors (Lipinski definition) is 4. The molecule has 1 aromatic carbocycles. The molecular weight excluding hydrogens is 256 g/mol. The fraction of sp³-hybridized carbons (Fsp3) is 0.500. The molecular formula is C16H20O4. The van der Waals surface area contributed by atoms with E-state index in [2.05, 4.69) is 0 Å². The van der Waals surface area contributed by atoms with Crippen LogP contribution in [0.15, 0.2) is 24.3 Å². The maximum Gasteiger partial charge on any atom is 0.307 e. The number of benzene rings is 1. The molecule has 0 radical (unpaired) electrons. The van der Waals surface area contributed by atoms with Crippen molar-refractivity contribution in [3.05, 3.63) is 29.8 Å². The summed E-state index contributed by atoms with van der Waals surface area (Å²) in [6, 6.07) is 6.67. The molecule has 4 nitrogen and oxygen atoms in total. The normalized spacial score (nSPS) is 22.6. The van der Waals surface area contributed by atoms with E-state index in [0.29, 0.717) is 19.4 Å². The first-order chi connectivity index (χ1) is 9.58. The lowest BCUT2D eigenvalue weighted by Crippen LogP contribution is -2.41. The van der Waals surface area contributed by atoms with Crippen LogP contribution in [0.25, 0.3) is 0 Å². The SMILES string of the molecule is CCOC(=O)CC1(c2cccc(O)c2)CCCCC1=O. The quantitative estimate of drug-likeness (QED) is 0.859. The van der Waals surface area contributed by atoms with Gasteiger partial charge in [0.15, 0.2) is 0 Å². The van der Waals surface area contributed by atoms with Crippen LogP contribution in [0.1, 0.15) is 44.6 Å². The molecule has 0 aromatic heterocycles. The van der Waals surface area contributed by atoms with Crippen molar-refractivity contribution in [2.45, 2.75) is 44.4 Å².